The van der Waals surface area contributed by atoms with Crippen molar-refractivity contribution >= 4 is 57.5 Å². The molecule has 0 bridgehead atoms. The van der Waals surface area contributed by atoms with E-state index in [4.69, 9.17) is 37.8 Å². The molecule has 4 aromatic rings. The lowest BCUT2D eigenvalue weighted by atomic mass is 9.89. The van der Waals surface area contributed by atoms with E-state index < -0.39 is 0 Å². The number of rotatable bonds is 14. The first-order valence-electron chi connectivity index (χ1n) is 20.4. The molecular formula is C46H57Cl2N5O4. The first-order chi connectivity index (χ1) is 27.3. The van der Waals surface area contributed by atoms with Crippen molar-refractivity contribution in [2.45, 2.75) is 98.3 Å². The molecule has 3 atom stereocenters. The number of hydrogen-bond acceptors (Lipinski definition) is 7. The summed E-state index contributed by atoms with van der Waals surface area (Å²) in [6.45, 7) is 16.2. The van der Waals surface area contributed by atoms with Crippen molar-refractivity contribution in [2.75, 3.05) is 49.8 Å². The highest BCUT2D eigenvalue weighted by molar-refractivity contribution is 6.34. The predicted molar refractivity (Wildman–Crippen MR) is 232 cm³/mol. The number of aromatic nitrogens is 3. The predicted octanol–water partition coefficient (Wildman–Crippen LogP) is 9.89. The SMILES string of the molecule is CC(=O)c1cc2cc(C)cc(N(C)CCN3c4c(ccc(Cl)c4-c4c(C)nn(CC5CCOCC5)c4C)C(CCCOC4C=C(C)C(Cl)=C(C)C4)C3C=O)c2n1C. The van der Waals surface area contributed by atoms with E-state index in [0.29, 0.717) is 36.3 Å². The summed E-state index contributed by atoms with van der Waals surface area (Å²) in [5, 5.41) is 7.61. The van der Waals surface area contributed by atoms with Gasteiger partial charge in [0.2, 0.25) is 0 Å². The average Bonchev–Trinajstić information content (AvgIpc) is 3.78. The molecule has 0 radical (unpaired) electrons. The molecule has 4 heterocycles. The van der Waals surface area contributed by atoms with Gasteiger partial charge in [0.05, 0.1) is 45.4 Å². The number of nitrogens with zero attached hydrogens (tertiary/aromatic N) is 5. The third kappa shape index (κ3) is 8.10. The van der Waals surface area contributed by atoms with Crippen LogP contribution in [0.3, 0.4) is 0 Å². The largest absolute Gasteiger partial charge is 0.381 e. The highest BCUT2D eigenvalue weighted by Crippen LogP contribution is 2.51. The van der Waals surface area contributed by atoms with Gasteiger partial charge in [-0.2, -0.15) is 5.10 Å². The van der Waals surface area contributed by atoms with Crippen LogP contribution in [0.1, 0.15) is 91.8 Å². The maximum atomic E-state index is 13.4. The molecule has 2 aliphatic heterocycles. The Hall–Kier alpha value is -3.89. The van der Waals surface area contributed by atoms with Crippen molar-refractivity contribution in [1.82, 2.24) is 14.3 Å². The zero-order valence-corrected chi connectivity index (χ0v) is 36.3. The van der Waals surface area contributed by atoms with Crippen LogP contribution in [0, 0.1) is 26.7 Å². The number of ketones is 1. The van der Waals surface area contributed by atoms with Crippen LogP contribution in [-0.4, -0.2) is 78.5 Å². The molecule has 0 N–H and O–H groups in total. The lowest BCUT2D eigenvalue weighted by Gasteiger charge is -2.31. The van der Waals surface area contributed by atoms with Crippen molar-refractivity contribution in [3.63, 3.8) is 0 Å². The van der Waals surface area contributed by atoms with Gasteiger partial charge in [-0.25, -0.2) is 0 Å². The van der Waals surface area contributed by atoms with Gasteiger partial charge >= 0.3 is 0 Å². The minimum absolute atomic E-state index is 0.00450. The molecule has 3 unspecified atom stereocenters. The number of allylic oxidation sites excluding steroid dienone is 2. The Bertz CT molecular complexity index is 2250. The smallest absolute Gasteiger partial charge is 0.176 e. The van der Waals surface area contributed by atoms with Gasteiger partial charge in [0.1, 0.15) is 6.29 Å². The van der Waals surface area contributed by atoms with E-state index in [1.165, 1.54) is 0 Å². The second kappa shape index (κ2) is 17.1. The molecule has 57 heavy (non-hydrogen) atoms. The Balaban J connectivity index is 1.22. The molecule has 1 fully saturated rings. The van der Waals surface area contributed by atoms with Gasteiger partial charge in [-0.15, -0.1) is 0 Å². The van der Waals surface area contributed by atoms with Crippen LogP contribution in [0.15, 0.2) is 52.6 Å². The molecule has 0 saturated carbocycles. The molecule has 11 heteroatoms. The van der Waals surface area contributed by atoms with E-state index in [1.54, 1.807) is 6.92 Å². The second-order valence-electron chi connectivity index (χ2n) is 16.6. The lowest BCUT2D eigenvalue weighted by molar-refractivity contribution is -0.109. The molecule has 2 aromatic heterocycles. The molecular weight excluding hydrogens is 757 g/mol. The molecule has 1 aliphatic carbocycles. The number of fused-ring (bicyclic) bond motifs is 2. The van der Waals surface area contributed by atoms with Gasteiger partial charge in [0.25, 0.3) is 0 Å². The number of aldehydes is 1. The molecule has 3 aliphatic rings. The number of Topliss-reactive ketones (excluding diaryl/α,β-unsaturated/α-hetero) is 1. The summed E-state index contributed by atoms with van der Waals surface area (Å²) in [7, 11) is 4.05. The minimum Gasteiger partial charge on any atom is -0.381 e. The summed E-state index contributed by atoms with van der Waals surface area (Å²) in [5.74, 6) is 0.497. The van der Waals surface area contributed by atoms with E-state index >= 15 is 0 Å². The summed E-state index contributed by atoms with van der Waals surface area (Å²) < 4.78 is 16.2. The third-order valence-corrected chi connectivity index (χ3v) is 13.5. The summed E-state index contributed by atoms with van der Waals surface area (Å²) in [6, 6.07) is 10.0. The molecule has 7 rings (SSSR count). The van der Waals surface area contributed by atoms with Crippen LogP contribution >= 0.6 is 23.2 Å². The Kier molecular flexibility index (Phi) is 12.4. The fraction of sp³-hybridized carbons (Fsp3) is 0.500. The number of aryl methyl sites for hydroxylation is 3. The zero-order valence-electron chi connectivity index (χ0n) is 34.8. The highest BCUT2D eigenvalue weighted by atomic mass is 35.5. The maximum absolute atomic E-state index is 13.4. The molecule has 9 nitrogen and oxygen atoms in total. The van der Waals surface area contributed by atoms with Crippen LogP contribution in [-0.2, 0) is 27.9 Å². The second-order valence-corrected chi connectivity index (χ2v) is 17.3. The van der Waals surface area contributed by atoms with E-state index in [9.17, 15) is 9.59 Å². The maximum Gasteiger partial charge on any atom is 0.176 e. The molecule has 2 aromatic carbocycles. The first kappa shape index (κ1) is 41.3. The van der Waals surface area contributed by atoms with Crippen LogP contribution in [0.4, 0.5) is 11.4 Å². The number of carbonyl (C=O) groups is 2. The first-order valence-corrected chi connectivity index (χ1v) is 21.2. The Labute approximate surface area is 347 Å². The number of hydrogen-bond donors (Lipinski definition) is 0. The number of carbonyl (C=O) groups excluding carboxylic acids is 2. The average molecular weight is 815 g/mol. The fourth-order valence-electron chi connectivity index (χ4n) is 9.56. The Morgan fingerprint density at radius 2 is 1.82 bits per heavy atom. The zero-order chi connectivity index (χ0) is 40.7. The van der Waals surface area contributed by atoms with Gasteiger partial charge < -0.3 is 28.6 Å². The standard InChI is InChI=1S/C46H57Cl2N5O4/c1-27-20-34-24-39(32(6)55)51(8)45(34)40(21-27)50(7)15-16-52-41(26-54)36(10-9-17-57-35-22-28(2)44(48)29(3)23-35)37-11-12-38(47)43(46(37)52)42-30(4)49-53(31(42)5)25-33-13-18-56-19-14-33/h11-12,20-22,24,26,33,35-36,41H,9-10,13-19,23,25H2,1-8H3. The van der Waals surface area contributed by atoms with Crippen molar-refractivity contribution in [1.29, 1.82) is 0 Å². The lowest BCUT2D eigenvalue weighted by Crippen LogP contribution is -2.41. The van der Waals surface area contributed by atoms with Crippen LogP contribution in [0.5, 0.6) is 0 Å². The monoisotopic (exact) mass is 813 g/mol. The van der Waals surface area contributed by atoms with Crippen LogP contribution in [0.2, 0.25) is 5.02 Å². The highest BCUT2D eigenvalue weighted by Gasteiger charge is 2.41. The summed E-state index contributed by atoms with van der Waals surface area (Å²) >= 11 is 13.7. The fourth-order valence-corrected chi connectivity index (χ4v) is 9.95. The van der Waals surface area contributed by atoms with Crippen molar-refractivity contribution < 1.29 is 19.1 Å². The van der Waals surface area contributed by atoms with E-state index in [2.05, 4.69) is 73.5 Å². The normalized spacial score (nSPS) is 20.1. The van der Waals surface area contributed by atoms with Crippen molar-refractivity contribution in [3.8, 4) is 11.1 Å². The van der Waals surface area contributed by atoms with Crippen LogP contribution < -0.4 is 9.80 Å². The summed E-state index contributed by atoms with van der Waals surface area (Å²) in [6.07, 6.45) is 7.66. The van der Waals surface area contributed by atoms with E-state index in [0.717, 1.165) is 130 Å². The number of halogens is 2. The number of likely N-dealkylation sites (N-methyl/N-ethyl adjacent to an activating group) is 1. The molecule has 0 amide bonds. The van der Waals surface area contributed by atoms with Crippen molar-refractivity contribution in [2.24, 2.45) is 13.0 Å². The number of anilines is 2. The van der Waals surface area contributed by atoms with Gasteiger partial charge in [-0.05, 0) is 114 Å². The Morgan fingerprint density at radius 3 is 2.53 bits per heavy atom. The van der Waals surface area contributed by atoms with Crippen molar-refractivity contribution in [3.05, 3.63) is 85.8 Å². The quantitative estimate of drug-likeness (QED) is 0.0713. The van der Waals surface area contributed by atoms with Gasteiger partial charge in [-0.1, -0.05) is 40.9 Å². The minimum atomic E-state index is -0.388. The number of benzene rings is 2. The van der Waals surface area contributed by atoms with E-state index in [-0.39, 0.29) is 23.8 Å². The topological polar surface area (TPSA) is 81.8 Å². The summed E-state index contributed by atoms with van der Waals surface area (Å²) in [5.41, 5.74) is 12.2. The molecule has 0 spiro atoms. The number of ether oxygens (including phenoxy) is 2. The summed E-state index contributed by atoms with van der Waals surface area (Å²) in [4.78, 5) is 30.5. The Morgan fingerprint density at radius 1 is 1.07 bits per heavy atom. The van der Waals surface area contributed by atoms with Crippen LogP contribution in [0.25, 0.3) is 22.0 Å². The molecule has 1 saturated heterocycles. The van der Waals surface area contributed by atoms with Gasteiger partial charge in [0.15, 0.2) is 5.78 Å². The van der Waals surface area contributed by atoms with Gasteiger partial charge in [0, 0.05) is 93.6 Å². The molecule has 304 valence electrons. The van der Waals surface area contributed by atoms with E-state index in [1.807, 2.05) is 30.7 Å². The van der Waals surface area contributed by atoms with Gasteiger partial charge in [-0.3, -0.25) is 9.48 Å². The third-order valence-electron chi connectivity index (χ3n) is 12.5.